The lowest BCUT2D eigenvalue weighted by molar-refractivity contribution is 0.0515. The summed E-state index contributed by atoms with van der Waals surface area (Å²) in [6, 6.07) is 6.75. The lowest BCUT2D eigenvalue weighted by Crippen LogP contribution is -2.55. The van der Waals surface area contributed by atoms with Crippen LogP contribution in [0.2, 0.25) is 5.02 Å². The molecule has 0 aromatic heterocycles. The van der Waals surface area contributed by atoms with E-state index in [1.54, 1.807) is 0 Å². The van der Waals surface area contributed by atoms with Crippen LogP contribution >= 0.6 is 11.6 Å². The number of nitrogens with one attached hydrogen (secondary N) is 1. The van der Waals surface area contributed by atoms with Gasteiger partial charge in [-0.25, -0.2) is 0 Å². The number of aryl methyl sites for hydroxylation is 1. The van der Waals surface area contributed by atoms with Gasteiger partial charge < -0.3 is 5.32 Å². The van der Waals surface area contributed by atoms with Gasteiger partial charge in [-0.3, -0.25) is 4.90 Å². The molecule has 0 aliphatic rings. The van der Waals surface area contributed by atoms with Crippen molar-refractivity contribution in [2.75, 3.05) is 20.1 Å². The normalized spacial score (nSPS) is 13.7. The Hall–Kier alpha value is -0.570. The molecule has 0 saturated carbocycles. The molecule has 0 heterocycles. The maximum absolute atomic E-state index is 6.36. The van der Waals surface area contributed by atoms with Gasteiger partial charge in [-0.15, -0.1) is 0 Å². The summed E-state index contributed by atoms with van der Waals surface area (Å²) in [5.74, 6) is 0. The van der Waals surface area contributed by atoms with E-state index in [1.807, 2.05) is 0 Å². The topological polar surface area (TPSA) is 15.3 Å². The molecule has 0 fully saturated rings. The van der Waals surface area contributed by atoms with E-state index in [0.29, 0.717) is 0 Å². The van der Waals surface area contributed by atoms with E-state index in [1.165, 1.54) is 5.56 Å². The first kappa shape index (κ1) is 18.5. The number of hydrogen-bond acceptors (Lipinski definition) is 2. The van der Waals surface area contributed by atoms with Crippen LogP contribution < -0.4 is 5.32 Å². The van der Waals surface area contributed by atoms with Crippen LogP contribution in [0, 0.1) is 6.92 Å². The quantitative estimate of drug-likeness (QED) is 0.741. The number of rotatable bonds is 8. The van der Waals surface area contributed by atoms with Gasteiger partial charge in [0.05, 0.1) is 6.04 Å². The number of hydrogen-bond donors (Lipinski definition) is 1. The van der Waals surface area contributed by atoms with E-state index >= 15 is 0 Å². The van der Waals surface area contributed by atoms with Crippen LogP contribution in [0.4, 0.5) is 0 Å². The summed E-state index contributed by atoms with van der Waals surface area (Å²) >= 11 is 6.36. The van der Waals surface area contributed by atoms with Gasteiger partial charge >= 0.3 is 0 Å². The highest BCUT2D eigenvalue weighted by Gasteiger charge is 2.40. The SMILES string of the molecule is CCN(CC)C(CC)(CC)C(NC)c1ccc(C)c(Cl)c1. The minimum atomic E-state index is 0.122. The minimum absolute atomic E-state index is 0.122. The van der Waals surface area contributed by atoms with E-state index in [-0.39, 0.29) is 11.6 Å². The summed E-state index contributed by atoms with van der Waals surface area (Å²) in [6.45, 7) is 13.3. The molecule has 0 radical (unpaired) electrons. The van der Waals surface area contributed by atoms with Gasteiger partial charge in [0, 0.05) is 10.6 Å². The first-order valence-electron chi connectivity index (χ1n) is 8.18. The van der Waals surface area contributed by atoms with E-state index in [0.717, 1.165) is 36.5 Å². The Labute approximate surface area is 135 Å². The molecule has 2 nitrogen and oxygen atoms in total. The zero-order valence-corrected chi connectivity index (χ0v) is 15.2. The molecule has 1 aromatic rings. The fourth-order valence-electron chi connectivity index (χ4n) is 3.68. The van der Waals surface area contributed by atoms with E-state index < -0.39 is 0 Å². The van der Waals surface area contributed by atoms with Gasteiger partial charge in [0.1, 0.15) is 0 Å². The van der Waals surface area contributed by atoms with E-state index in [4.69, 9.17) is 11.6 Å². The molecule has 1 unspecified atom stereocenters. The van der Waals surface area contributed by atoms with Gasteiger partial charge in [0.15, 0.2) is 0 Å². The van der Waals surface area contributed by atoms with Crippen LogP contribution in [0.1, 0.15) is 57.7 Å². The maximum atomic E-state index is 6.36. The summed E-state index contributed by atoms with van der Waals surface area (Å²) in [7, 11) is 2.06. The van der Waals surface area contributed by atoms with Crippen LogP contribution in [0.15, 0.2) is 18.2 Å². The number of benzene rings is 1. The Morgan fingerprint density at radius 2 is 1.71 bits per heavy atom. The molecule has 21 heavy (non-hydrogen) atoms. The van der Waals surface area contributed by atoms with Crippen LogP contribution in [-0.4, -0.2) is 30.6 Å². The van der Waals surface area contributed by atoms with Gasteiger partial charge in [-0.05, 0) is 57.1 Å². The number of halogens is 1. The van der Waals surface area contributed by atoms with Gasteiger partial charge in [0.25, 0.3) is 0 Å². The van der Waals surface area contributed by atoms with Crippen LogP contribution in [0.3, 0.4) is 0 Å². The van der Waals surface area contributed by atoms with Crippen molar-refractivity contribution in [1.29, 1.82) is 0 Å². The predicted octanol–water partition coefficient (Wildman–Crippen LogP) is 4.81. The highest BCUT2D eigenvalue weighted by atomic mass is 35.5. The van der Waals surface area contributed by atoms with Crippen molar-refractivity contribution in [2.45, 2.75) is 59.0 Å². The Bertz CT molecular complexity index is 437. The van der Waals surface area contributed by atoms with Crippen molar-refractivity contribution < 1.29 is 0 Å². The molecule has 1 atom stereocenters. The highest BCUT2D eigenvalue weighted by Crippen LogP contribution is 2.38. The second-order valence-corrected chi connectivity index (χ2v) is 6.12. The molecule has 1 aromatic carbocycles. The molecular weight excluding hydrogens is 280 g/mol. The molecule has 0 aliphatic heterocycles. The largest absolute Gasteiger partial charge is 0.311 e. The van der Waals surface area contributed by atoms with Gasteiger partial charge in [-0.2, -0.15) is 0 Å². The second-order valence-electron chi connectivity index (χ2n) is 5.71. The standard InChI is InChI=1S/C18H31ClN2/c1-7-18(8-2,21(9-3)10-4)17(20-6)15-12-11-14(5)16(19)13-15/h11-13,17,20H,7-10H2,1-6H3. The van der Waals surface area contributed by atoms with Gasteiger partial charge in [-0.1, -0.05) is 51.4 Å². The lowest BCUT2D eigenvalue weighted by Gasteiger charge is -2.48. The van der Waals surface area contributed by atoms with Crippen LogP contribution in [0.5, 0.6) is 0 Å². The Morgan fingerprint density at radius 3 is 2.10 bits per heavy atom. The zero-order chi connectivity index (χ0) is 16.0. The van der Waals surface area contributed by atoms with Crippen molar-refractivity contribution in [1.82, 2.24) is 10.2 Å². The Kier molecular flexibility index (Phi) is 7.19. The fourth-order valence-corrected chi connectivity index (χ4v) is 3.86. The molecule has 0 bridgehead atoms. The van der Waals surface area contributed by atoms with E-state index in [9.17, 15) is 0 Å². The molecule has 0 aliphatic carbocycles. The zero-order valence-electron chi connectivity index (χ0n) is 14.5. The lowest BCUT2D eigenvalue weighted by atomic mass is 9.79. The summed E-state index contributed by atoms with van der Waals surface area (Å²) in [5, 5.41) is 4.41. The first-order chi connectivity index (χ1) is 10.00. The molecule has 120 valence electrons. The molecule has 3 heteroatoms. The fraction of sp³-hybridized carbons (Fsp3) is 0.667. The summed E-state index contributed by atoms with van der Waals surface area (Å²) in [5.41, 5.74) is 2.54. The third-order valence-electron chi connectivity index (χ3n) is 4.97. The second kappa shape index (κ2) is 8.17. The summed E-state index contributed by atoms with van der Waals surface area (Å²) < 4.78 is 0. The number of likely N-dealkylation sites (N-methyl/N-ethyl adjacent to an activating group) is 2. The molecule has 0 spiro atoms. The summed E-state index contributed by atoms with van der Waals surface area (Å²) in [4.78, 5) is 2.59. The molecule has 1 rings (SSSR count). The van der Waals surface area contributed by atoms with E-state index in [2.05, 4.69) is 70.1 Å². The van der Waals surface area contributed by atoms with Crippen molar-refractivity contribution in [3.63, 3.8) is 0 Å². The number of nitrogens with zero attached hydrogens (tertiary/aromatic N) is 1. The molecule has 1 N–H and O–H groups in total. The van der Waals surface area contributed by atoms with Gasteiger partial charge in [0.2, 0.25) is 0 Å². The smallest absolute Gasteiger partial charge is 0.0505 e. The average molecular weight is 311 g/mol. The monoisotopic (exact) mass is 310 g/mol. The predicted molar refractivity (Wildman–Crippen MR) is 94.2 cm³/mol. The van der Waals surface area contributed by atoms with Crippen LogP contribution in [0.25, 0.3) is 0 Å². The third-order valence-corrected chi connectivity index (χ3v) is 5.38. The third kappa shape index (κ3) is 3.61. The van der Waals surface area contributed by atoms with Crippen molar-refractivity contribution >= 4 is 11.6 Å². The van der Waals surface area contributed by atoms with Crippen molar-refractivity contribution in [3.8, 4) is 0 Å². The summed E-state index contributed by atoms with van der Waals surface area (Å²) in [6.07, 6.45) is 2.23. The first-order valence-corrected chi connectivity index (χ1v) is 8.56. The van der Waals surface area contributed by atoms with Crippen LogP contribution in [-0.2, 0) is 0 Å². The van der Waals surface area contributed by atoms with Crippen molar-refractivity contribution in [3.05, 3.63) is 34.3 Å². The Balaban J connectivity index is 3.33. The highest BCUT2D eigenvalue weighted by molar-refractivity contribution is 6.31. The molecule has 0 amide bonds. The maximum Gasteiger partial charge on any atom is 0.0505 e. The molecule has 0 saturated heterocycles. The average Bonchev–Trinajstić information content (AvgIpc) is 2.50. The minimum Gasteiger partial charge on any atom is -0.311 e. The molecular formula is C18H31ClN2. The Morgan fingerprint density at radius 1 is 1.14 bits per heavy atom. The van der Waals surface area contributed by atoms with Crippen molar-refractivity contribution in [2.24, 2.45) is 0 Å².